The Bertz CT molecular complexity index is 1130. The minimum Gasteiger partial charge on any atom is -0.446 e. The number of imidazole rings is 1. The molecule has 2 aromatic rings. The first-order valence-corrected chi connectivity index (χ1v) is 13.1. The van der Waals surface area contributed by atoms with Crippen LogP contribution in [0.3, 0.4) is 0 Å². The molecule has 2 aromatic heterocycles. The molecule has 0 spiro atoms. The molecule has 2 amide bonds. The van der Waals surface area contributed by atoms with Crippen LogP contribution in [0.1, 0.15) is 57.5 Å². The summed E-state index contributed by atoms with van der Waals surface area (Å²) in [6.07, 6.45) is 2.54. The van der Waals surface area contributed by atoms with Gasteiger partial charge in [0, 0.05) is 26.1 Å². The summed E-state index contributed by atoms with van der Waals surface area (Å²) in [7, 11) is 0. The van der Waals surface area contributed by atoms with Crippen molar-refractivity contribution in [2.45, 2.75) is 82.5 Å². The van der Waals surface area contributed by atoms with Gasteiger partial charge in [0.25, 0.3) is 5.91 Å². The molecule has 3 fully saturated rings. The van der Waals surface area contributed by atoms with Gasteiger partial charge >= 0.3 is 6.09 Å². The Hall–Kier alpha value is -3.03. The number of hydrogen-bond donors (Lipinski definition) is 4. The summed E-state index contributed by atoms with van der Waals surface area (Å²) in [4.78, 5) is 39.6. The number of piperidine rings is 1. The van der Waals surface area contributed by atoms with E-state index in [1.807, 2.05) is 0 Å². The van der Waals surface area contributed by atoms with E-state index in [1.54, 1.807) is 11.8 Å². The number of carbonyl (C=O) groups excluding carboxylic acids is 2. The van der Waals surface area contributed by atoms with E-state index in [4.69, 9.17) is 15.2 Å². The fraction of sp³-hybridized carbons (Fsp3) is 0.708. The molecule has 4 heterocycles. The van der Waals surface area contributed by atoms with Gasteiger partial charge in [-0.2, -0.15) is 0 Å². The van der Waals surface area contributed by atoms with E-state index >= 15 is 0 Å². The van der Waals surface area contributed by atoms with Crippen LogP contribution in [0.5, 0.6) is 0 Å². The number of fused-ring (bicyclic) bond motifs is 1. The summed E-state index contributed by atoms with van der Waals surface area (Å²) < 4.78 is 12.7. The number of likely N-dealkylation sites (tertiary alicyclic amines) is 1. The largest absolute Gasteiger partial charge is 0.446 e. The van der Waals surface area contributed by atoms with Gasteiger partial charge in [-0.25, -0.2) is 19.7 Å². The lowest BCUT2D eigenvalue weighted by Crippen LogP contribution is -2.42. The molecular formula is C24H35N7O6. The van der Waals surface area contributed by atoms with E-state index in [9.17, 15) is 19.8 Å². The fourth-order valence-electron chi connectivity index (χ4n) is 5.11. The molecule has 5 N–H and O–H groups in total. The van der Waals surface area contributed by atoms with Gasteiger partial charge in [-0.3, -0.25) is 9.36 Å². The number of rotatable bonds is 7. The molecule has 2 unspecified atom stereocenters. The Balaban J connectivity index is 1.22. The molecule has 4 atom stereocenters. The molecule has 0 radical (unpaired) electrons. The number of aryl methyl sites for hydroxylation is 1. The van der Waals surface area contributed by atoms with Crippen molar-refractivity contribution in [1.82, 2.24) is 29.7 Å². The highest BCUT2D eigenvalue weighted by Gasteiger charge is 2.47. The molecule has 0 aromatic carbocycles. The zero-order chi connectivity index (χ0) is 26.1. The summed E-state index contributed by atoms with van der Waals surface area (Å²) in [5.41, 5.74) is 6.88. The smallest absolute Gasteiger partial charge is 0.410 e. The number of ether oxygens (including phenoxy) is 2. The summed E-state index contributed by atoms with van der Waals surface area (Å²) >= 11 is 0. The lowest BCUT2D eigenvalue weighted by Gasteiger charge is -2.34. The number of amides is 2. The van der Waals surface area contributed by atoms with Crippen LogP contribution in [0.4, 0.5) is 10.6 Å². The van der Waals surface area contributed by atoms with Crippen LogP contribution in [0, 0.1) is 5.92 Å². The van der Waals surface area contributed by atoms with E-state index in [1.165, 1.54) is 10.9 Å². The number of likely N-dealkylation sites (N-methyl/N-ethyl adjacent to an activating group) is 1. The molecule has 0 bridgehead atoms. The Labute approximate surface area is 214 Å². The van der Waals surface area contributed by atoms with Crippen molar-refractivity contribution in [1.29, 1.82) is 0 Å². The number of nitrogens with one attached hydrogen (secondary N) is 1. The highest BCUT2D eigenvalue weighted by molar-refractivity contribution is 5.83. The molecule has 5 rings (SSSR count). The molecule has 3 aliphatic rings. The number of aromatic nitrogens is 4. The lowest BCUT2D eigenvalue weighted by molar-refractivity contribution is -0.137. The van der Waals surface area contributed by atoms with E-state index in [0.29, 0.717) is 49.0 Å². The van der Waals surface area contributed by atoms with Crippen LogP contribution < -0.4 is 11.1 Å². The average Bonchev–Trinajstić information content (AvgIpc) is 3.41. The number of nitrogens with two attached hydrogens (primary N) is 1. The van der Waals surface area contributed by atoms with Crippen LogP contribution in [-0.4, -0.2) is 90.7 Å². The molecule has 2 aliphatic heterocycles. The Morgan fingerprint density at radius 1 is 1.19 bits per heavy atom. The first-order chi connectivity index (χ1) is 17.9. The zero-order valence-corrected chi connectivity index (χ0v) is 21.0. The minimum absolute atomic E-state index is 0.0922. The quantitative estimate of drug-likeness (QED) is 0.404. The van der Waals surface area contributed by atoms with Crippen molar-refractivity contribution in [3.05, 3.63) is 12.2 Å². The highest BCUT2D eigenvalue weighted by Crippen LogP contribution is 2.33. The van der Waals surface area contributed by atoms with Crippen LogP contribution in [0.25, 0.3) is 11.2 Å². The second kappa shape index (κ2) is 10.8. The van der Waals surface area contributed by atoms with Crippen LogP contribution in [0.2, 0.25) is 0 Å². The van der Waals surface area contributed by atoms with Crippen molar-refractivity contribution in [2.24, 2.45) is 5.92 Å². The highest BCUT2D eigenvalue weighted by atomic mass is 16.6. The van der Waals surface area contributed by atoms with Gasteiger partial charge in [0.1, 0.15) is 29.7 Å². The fourth-order valence-corrected chi connectivity index (χ4v) is 5.11. The van der Waals surface area contributed by atoms with E-state index in [0.717, 1.165) is 38.5 Å². The number of hydrogen-bond acceptors (Lipinski definition) is 10. The number of anilines is 1. The van der Waals surface area contributed by atoms with E-state index in [2.05, 4.69) is 20.3 Å². The normalized spacial score (nSPS) is 26.8. The van der Waals surface area contributed by atoms with E-state index < -0.39 is 30.4 Å². The first kappa shape index (κ1) is 25.6. The number of aliphatic hydroxyl groups excluding tert-OH is 2. The van der Waals surface area contributed by atoms with Crippen molar-refractivity contribution in [2.75, 3.05) is 25.4 Å². The number of aliphatic hydroxyl groups is 2. The Kier molecular flexibility index (Phi) is 7.45. The SMILES string of the molecule is CCNC(=O)[C@H]1O[C@@H](n2cnc3c(N)nc(CCC4CCN(C(=O)OC5CCC5)CC4)nc32)C(O)C1O. The molecule has 202 valence electrons. The minimum atomic E-state index is -1.40. The van der Waals surface area contributed by atoms with Gasteiger partial charge in [-0.15, -0.1) is 0 Å². The predicted molar refractivity (Wildman–Crippen MR) is 131 cm³/mol. The summed E-state index contributed by atoms with van der Waals surface area (Å²) in [6, 6.07) is 0. The van der Waals surface area contributed by atoms with Crippen LogP contribution >= 0.6 is 0 Å². The first-order valence-electron chi connectivity index (χ1n) is 13.1. The maximum Gasteiger partial charge on any atom is 0.410 e. The topological polar surface area (TPSA) is 178 Å². The third-order valence-corrected chi connectivity index (χ3v) is 7.59. The maximum atomic E-state index is 12.3. The van der Waals surface area contributed by atoms with Crippen LogP contribution in [0.15, 0.2) is 6.33 Å². The van der Waals surface area contributed by atoms with Gasteiger partial charge in [0.05, 0.1) is 6.33 Å². The molecule has 37 heavy (non-hydrogen) atoms. The standard InChI is InChI=1S/C24H35N7O6/c1-2-26-22(34)19-17(32)18(33)23(37-19)31-12-27-16-20(25)28-15(29-21(16)31)7-6-13-8-10-30(11-9-13)24(35)36-14-4-3-5-14/h12-14,17-19,23,32-33H,2-11H2,1H3,(H,26,34)(H2,25,28,29)/t17?,18?,19-,23+/m0/s1. The van der Waals surface area contributed by atoms with Crippen molar-refractivity contribution in [3.63, 3.8) is 0 Å². The van der Waals surface area contributed by atoms with E-state index in [-0.39, 0.29) is 18.0 Å². The number of nitrogens with zero attached hydrogens (tertiary/aromatic N) is 5. The molecule has 2 saturated heterocycles. The average molecular weight is 518 g/mol. The molecular weight excluding hydrogens is 482 g/mol. The van der Waals surface area contributed by atoms with Crippen molar-refractivity contribution >= 4 is 29.0 Å². The Morgan fingerprint density at radius 3 is 2.62 bits per heavy atom. The summed E-state index contributed by atoms with van der Waals surface area (Å²) in [6.45, 7) is 3.48. The number of carbonyl (C=O) groups is 2. The third kappa shape index (κ3) is 5.20. The second-order valence-corrected chi connectivity index (χ2v) is 10.1. The van der Waals surface area contributed by atoms with Crippen LogP contribution in [-0.2, 0) is 20.7 Å². The van der Waals surface area contributed by atoms with Gasteiger partial charge in [-0.05, 0) is 51.4 Å². The lowest BCUT2D eigenvalue weighted by atomic mass is 9.92. The summed E-state index contributed by atoms with van der Waals surface area (Å²) in [5, 5.41) is 23.6. The van der Waals surface area contributed by atoms with Crippen molar-refractivity contribution in [3.8, 4) is 0 Å². The summed E-state index contributed by atoms with van der Waals surface area (Å²) in [5.74, 6) is 0.664. The molecule has 1 saturated carbocycles. The van der Waals surface area contributed by atoms with Gasteiger partial charge in [0.15, 0.2) is 23.8 Å². The monoisotopic (exact) mass is 517 g/mol. The molecule has 13 nitrogen and oxygen atoms in total. The van der Waals surface area contributed by atoms with Gasteiger partial charge in [0.2, 0.25) is 0 Å². The predicted octanol–water partition coefficient (Wildman–Crippen LogP) is 0.498. The van der Waals surface area contributed by atoms with Crippen molar-refractivity contribution < 1.29 is 29.3 Å². The van der Waals surface area contributed by atoms with Gasteiger partial charge in [-0.1, -0.05) is 0 Å². The Morgan fingerprint density at radius 2 is 1.95 bits per heavy atom. The zero-order valence-electron chi connectivity index (χ0n) is 21.0. The maximum absolute atomic E-state index is 12.3. The van der Waals surface area contributed by atoms with Gasteiger partial charge < -0.3 is 35.6 Å². The number of nitrogen functional groups attached to an aromatic ring is 1. The third-order valence-electron chi connectivity index (χ3n) is 7.59. The molecule has 1 aliphatic carbocycles. The molecule has 13 heteroatoms. The second-order valence-electron chi connectivity index (χ2n) is 10.1.